The van der Waals surface area contributed by atoms with Crippen molar-refractivity contribution in [1.82, 2.24) is 0 Å². The minimum absolute atomic E-state index is 0.0172. The molecule has 0 heterocycles. The molecule has 0 aliphatic rings. The Bertz CT molecular complexity index is 842. The molecule has 31 heavy (non-hydrogen) atoms. The predicted octanol–water partition coefficient (Wildman–Crippen LogP) is 5.31. The monoisotopic (exact) mass is 422 g/mol. The molecular weight excluding hydrogens is 388 g/mol. The van der Waals surface area contributed by atoms with Crippen molar-refractivity contribution in [3.05, 3.63) is 65.7 Å². The summed E-state index contributed by atoms with van der Waals surface area (Å²) in [6.07, 6.45) is 9.46. The molecule has 0 radical (unpaired) electrons. The number of anilines is 2. The van der Waals surface area contributed by atoms with E-state index < -0.39 is 0 Å². The Morgan fingerprint density at radius 1 is 0.968 bits per heavy atom. The second-order valence-electron chi connectivity index (χ2n) is 7.72. The van der Waals surface area contributed by atoms with Crippen molar-refractivity contribution in [2.75, 3.05) is 30.4 Å². The van der Waals surface area contributed by atoms with E-state index in [4.69, 9.17) is 5.11 Å². The third-order valence-electron chi connectivity index (χ3n) is 5.16. The van der Waals surface area contributed by atoms with E-state index >= 15 is 0 Å². The molecule has 0 fully saturated rings. The van der Waals surface area contributed by atoms with Crippen molar-refractivity contribution in [3.63, 3.8) is 0 Å². The summed E-state index contributed by atoms with van der Waals surface area (Å²) in [5.41, 5.74) is 3.23. The van der Waals surface area contributed by atoms with Crippen LogP contribution in [0.5, 0.6) is 0 Å². The van der Waals surface area contributed by atoms with E-state index in [-0.39, 0.29) is 18.3 Å². The lowest BCUT2D eigenvalue weighted by Gasteiger charge is -2.17. The Morgan fingerprint density at radius 3 is 2.29 bits per heavy atom. The first-order chi connectivity index (χ1) is 15.0. The Morgan fingerprint density at radius 2 is 1.65 bits per heavy atom. The normalized spacial score (nSPS) is 10.9. The highest BCUT2D eigenvalue weighted by Gasteiger charge is 2.05. The molecule has 0 aliphatic carbocycles. The molecule has 2 rings (SSSR count). The number of hydrogen-bond donors (Lipinski definition) is 2. The van der Waals surface area contributed by atoms with Gasteiger partial charge < -0.3 is 15.3 Å². The van der Waals surface area contributed by atoms with Gasteiger partial charge in [-0.2, -0.15) is 0 Å². The largest absolute Gasteiger partial charge is 0.395 e. The first-order valence-electron chi connectivity index (χ1n) is 11.1. The van der Waals surface area contributed by atoms with Gasteiger partial charge in [0.2, 0.25) is 5.91 Å². The van der Waals surface area contributed by atoms with Crippen LogP contribution in [0.1, 0.15) is 61.4 Å². The minimum Gasteiger partial charge on any atom is -0.395 e. The van der Waals surface area contributed by atoms with E-state index in [9.17, 15) is 9.59 Å². The van der Waals surface area contributed by atoms with Gasteiger partial charge >= 0.3 is 0 Å². The molecule has 0 atom stereocenters. The van der Waals surface area contributed by atoms with Crippen LogP contribution >= 0.6 is 0 Å². The molecule has 0 aliphatic heterocycles. The number of rotatable bonds is 13. The fraction of sp³-hybridized carbons (Fsp3) is 0.385. The van der Waals surface area contributed by atoms with Crippen molar-refractivity contribution in [3.8, 4) is 0 Å². The van der Waals surface area contributed by atoms with Crippen LogP contribution in [-0.4, -0.2) is 37.0 Å². The summed E-state index contributed by atoms with van der Waals surface area (Å²) in [4.78, 5) is 26.4. The average molecular weight is 423 g/mol. The number of unbranched alkanes of at least 4 members (excludes halogenated alkanes) is 4. The number of aliphatic hydroxyl groups is 1. The summed E-state index contributed by atoms with van der Waals surface area (Å²) in [7, 11) is 1.92. The molecule has 2 N–H and O–H groups in total. The highest BCUT2D eigenvalue weighted by molar-refractivity contribution is 6.07. The molecule has 0 aromatic heterocycles. The van der Waals surface area contributed by atoms with Crippen LogP contribution in [-0.2, 0) is 4.79 Å². The standard InChI is InChI=1S/C26H34N2O3/c1-3-4-5-6-7-8-26(31)27-23-14-12-22(13-15-23)25(30)18-11-21-9-16-24(17-10-21)28(2)19-20-29/h9-18,29H,3-8,19-20H2,1-2H3,(H,27,31)/b18-11+. The molecule has 0 saturated heterocycles. The number of likely N-dealkylation sites (N-methyl/N-ethyl adjacent to an activating group) is 1. The SMILES string of the molecule is CCCCCCCC(=O)Nc1ccc(C(=O)/C=C/c2ccc(N(C)CCO)cc2)cc1. The maximum atomic E-state index is 12.4. The summed E-state index contributed by atoms with van der Waals surface area (Å²) in [5.74, 6) is -0.0705. The van der Waals surface area contributed by atoms with E-state index in [1.54, 1.807) is 36.4 Å². The van der Waals surface area contributed by atoms with Gasteiger partial charge in [0.15, 0.2) is 5.78 Å². The average Bonchev–Trinajstić information content (AvgIpc) is 2.78. The van der Waals surface area contributed by atoms with E-state index in [1.807, 2.05) is 36.2 Å². The van der Waals surface area contributed by atoms with Gasteiger partial charge in [-0.15, -0.1) is 0 Å². The van der Waals surface area contributed by atoms with Crippen LogP contribution in [0.2, 0.25) is 0 Å². The van der Waals surface area contributed by atoms with Crippen LogP contribution < -0.4 is 10.2 Å². The van der Waals surface area contributed by atoms with Gasteiger partial charge in [-0.3, -0.25) is 9.59 Å². The number of allylic oxidation sites excluding steroid dienone is 1. The molecule has 0 bridgehead atoms. The molecule has 0 spiro atoms. The van der Waals surface area contributed by atoms with Gasteiger partial charge in [-0.25, -0.2) is 0 Å². The minimum atomic E-state index is -0.0877. The van der Waals surface area contributed by atoms with Gasteiger partial charge in [0.1, 0.15) is 0 Å². The number of aliphatic hydroxyl groups excluding tert-OH is 1. The van der Waals surface area contributed by atoms with Crippen LogP contribution in [0.4, 0.5) is 11.4 Å². The van der Waals surface area contributed by atoms with E-state index in [0.717, 1.165) is 24.1 Å². The fourth-order valence-corrected chi connectivity index (χ4v) is 3.22. The number of amides is 1. The van der Waals surface area contributed by atoms with Crippen LogP contribution in [0.15, 0.2) is 54.6 Å². The van der Waals surface area contributed by atoms with E-state index in [2.05, 4.69) is 12.2 Å². The molecule has 0 saturated carbocycles. The Kier molecular flexibility index (Phi) is 10.5. The summed E-state index contributed by atoms with van der Waals surface area (Å²) in [6, 6.07) is 14.8. The van der Waals surface area contributed by atoms with Gasteiger partial charge in [-0.05, 0) is 54.5 Å². The number of carbonyl (C=O) groups excluding carboxylic acids is 2. The molecule has 1 amide bonds. The highest BCUT2D eigenvalue weighted by Crippen LogP contribution is 2.16. The second kappa shape index (κ2) is 13.4. The topological polar surface area (TPSA) is 69.6 Å². The molecule has 2 aromatic rings. The molecule has 2 aromatic carbocycles. The third-order valence-corrected chi connectivity index (χ3v) is 5.16. The zero-order valence-electron chi connectivity index (χ0n) is 18.6. The number of hydrogen-bond acceptors (Lipinski definition) is 4. The molecule has 0 unspecified atom stereocenters. The predicted molar refractivity (Wildman–Crippen MR) is 129 cm³/mol. The maximum absolute atomic E-state index is 12.4. The van der Waals surface area contributed by atoms with Crippen molar-refractivity contribution >= 4 is 29.1 Å². The number of benzene rings is 2. The quantitative estimate of drug-likeness (QED) is 0.261. The van der Waals surface area contributed by atoms with Gasteiger partial charge in [-0.1, -0.05) is 50.8 Å². The maximum Gasteiger partial charge on any atom is 0.224 e. The van der Waals surface area contributed by atoms with Crippen LogP contribution in [0, 0.1) is 0 Å². The van der Waals surface area contributed by atoms with E-state index in [1.165, 1.54) is 19.3 Å². The number of carbonyl (C=O) groups is 2. The molecule has 166 valence electrons. The zero-order valence-corrected chi connectivity index (χ0v) is 18.6. The summed E-state index contributed by atoms with van der Waals surface area (Å²) >= 11 is 0. The Balaban J connectivity index is 1.84. The molecule has 5 nitrogen and oxygen atoms in total. The van der Waals surface area contributed by atoms with Gasteiger partial charge in [0, 0.05) is 37.0 Å². The number of nitrogens with zero attached hydrogens (tertiary/aromatic N) is 1. The Hall–Kier alpha value is -2.92. The van der Waals surface area contributed by atoms with Crippen molar-refractivity contribution in [1.29, 1.82) is 0 Å². The zero-order chi connectivity index (χ0) is 22.5. The first-order valence-corrected chi connectivity index (χ1v) is 11.1. The van der Waals surface area contributed by atoms with Crippen molar-refractivity contribution < 1.29 is 14.7 Å². The first kappa shape index (κ1) is 24.4. The van der Waals surface area contributed by atoms with Gasteiger partial charge in [0.25, 0.3) is 0 Å². The van der Waals surface area contributed by atoms with Crippen LogP contribution in [0.25, 0.3) is 6.08 Å². The van der Waals surface area contributed by atoms with Gasteiger partial charge in [0.05, 0.1) is 6.61 Å². The number of ketones is 1. The van der Waals surface area contributed by atoms with Crippen molar-refractivity contribution in [2.24, 2.45) is 0 Å². The lowest BCUT2D eigenvalue weighted by molar-refractivity contribution is -0.116. The third kappa shape index (κ3) is 8.77. The lowest BCUT2D eigenvalue weighted by atomic mass is 10.1. The molecule has 5 heteroatoms. The van der Waals surface area contributed by atoms with Crippen molar-refractivity contribution in [2.45, 2.75) is 45.4 Å². The molecular formula is C26H34N2O3. The lowest BCUT2D eigenvalue weighted by Crippen LogP contribution is -2.20. The summed E-state index contributed by atoms with van der Waals surface area (Å²) in [6.45, 7) is 2.85. The fourth-order valence-electron chi connectivity index (χ4n) is 3.22. The smallest absolute Gasteiger partial charge is 0.224 e. The highest BCUT2D eigenvalue weighted by atomic mass is 16.3. The number of nitrogens with one attached hydrogen (secondary N) is 1. The second-order valence-corrected chi connectivity index (χ2v) is 7.72. The summed E-state index contributed by atoms with van der Waals surface area (Å²) in [5, 5.41) is 11.9. The summed E-state index contributed by atoms with van der Waals surface area (Å²) < 4.78 is 0. The van der Waals surface area contributed by atoms with E-state index in [0.29, 0.717) is 24.2 Å². The Labute approximate surface area is 185 Å². The van der Waals surface area contributed by atoms with Crippen LogP contribution in [0.3, 0.4) is 0 Å².